The van der Waals surface area contributed by atoms with E-state index in [0.29, 0.717) is 11.1 Å². The van der Waals surface area contributed by atoms with Gasteiger partial charge in [0.25, 0.3) is 5.91 Å². The van der Waals surface area contributed by atoms with Crippen molar-refractivity contribution in [2.75, 3.05) is 6.61 Å². The number of nitrogens with zero attached hydrogens (tertiary/aromatic N) is 1. The normalized spacial score (nSPS) is 17.3. The van der Waals surface area contributed by atoms with Gasteiger partial charge in [0, 0.05) is 29.6 Å². The van der Waals surface area contributed by atoms with Crippen LogP contribution in [0.5, 0.6) is 5.75 Å². The number of hydrogen-bond acceptors (Lipinski definition) is 5. The Morgan fingerprint density at radius 2 is 1.93 bits per heavy atom. The number of aromatic nitrogens is 1. The molecule has 1 amide bonds. The van der Waals surface area contributed by atoms with Crippen LogP contribution in [-0.4, -0.2) is 29.5 Å². The molecule has 0 radical (unpaired) electrons. The van der Waals surface area contributed by atoms with Crippen LogP contribution in [0.15, 0.2) is 54.4 Å². The molecule has 1 N–H and O–H groups in total. The standard InChI is InChI=1S/C23H24N2O4/c26-22(25-19-9-2-1-3-10-19)21(17-8-6-12-24-14-17)29-23(27)18-13-16-7-4-5-11-20(16)28-15-18/h4-8,11-14,19,21H,1-3,9-10,15H2,(H,25,26). The summed E-state index contributed by atoms with van der Waals surface area (Å²) in [6, 6.07) is 11.1. The summed E-state index contributed by atoms with van der Waals surface area (Å²) in [6.07, 6.45) is 9.19. The summed E-state index contributed by atoms with van der Waals surface area (Å²) in [6.45, 7) is 0.111. The molecule has 1 aliphatic carbocycles. The van der Waals surface area contributed by atoms with Gasteiger partial charge in [-0.15, -0.1) is 0 Å². The second-order valence-corrected chi connectivity index (χ2v) is 7.41. The van der Waals surface area contributed by atoms with Gasteiger partial charge in [-0.2, -0.15) is 0 Å². The highest BCUT2D eigenvalue weighted by Crippen LogP contribution is 2.28. The van der Waals surface area contributed by atoms with Crippen LogP contribution in [0.4, 0.5) is 0 Å². The van der Waals surface area contributed by atoms with Crippen molar-refractivity contribution in [1.29, 1.82) is 0 Å². The van der Waals surface area contributed by atoms with E-state index < -0.39 is 12.1 Å². The van der Waals surface area contributed by atoms with Gasteiger partial charge in [-0.1, -0.05) is 43.5 Å². The molecule has 2 aliphatic rings. The molecule has 4 rings (SSSR count). The van der Waals surface area contributed by atoms with E-state index in [0.717, 1.165) is 37.0 Å². The minimum Gasteiger partial charge on any atom is -0.488 e. The molecule has 1 aromatic carbocycles. The Morgan fingerprint density at radius 3 is 2.72 bits per heavy atom. The van der Waals surface area contributed by atoms with Crippen molar-refractivity contribution in [3.05, 3.63) is 65.5 Å². The number of hydrogen-bond donors (Lipinski definition) is 1. The van der Waals surface area contributed by atoms with Gasteiger partial charge in [-0.25, -0.2) is 4.79 Å². The number of nitrogens with one attached hydrogen (secondary N) is 1. The predicted octanol–water partition coefficient (Wildman–Crippen LogP) is 3.59. The maximum absolute atomic E-state index is 13.0. The zero-order chi connectivity index (χ0) is 20.1. The first-order chi connectivity index (χ1) is 14.2. The van der Waals surface area contributed by atoms with E-state index in [4.69, 9.17) is 9.47 Å². The van der Waals surface area contributed by atoms with Gasteiger partial charge in [-0.3, -0.25) is 9.78 Å². The quantitative estimate of drug-likeness (QED) is 0.787. The molecular formula is C23H24N2O4. The maximum atomic E-state index is 13.0. The monoisotopic (exact) mass is 392 g/mol. The van der Waals surface area contributed by atoms with E-state index >= 15 is 0 Å². The molecular weight excluding hydrogens is 368 g/mol. The average molecular weight is 392 g/mol. The molecule has 0 spiro atoms. The third-order valence-corrected chi connectivity index (χ3v) is 5.30. The third-order valence-electron chi connectivity index (χ3n) is 5.30. The molecule has 0 saturated heterocycles. The number of carbonyl (C=O) groups is 2. The van der Waals surface area contributed by atoms with Gasteiger partial charge >= 0.3 is 5.97 Å². The lowest BCUT2D eigenvalue weighted by Gasteiger charge is -2.26. The SMILES string of the molecule is O=C(OC(C(=O)NC1CCCCC1)c1cccnc1)C1=Cc2ccccc2OC1. The van der Waals surface area contributed by atoms with Crippen LogP contribution in [0.25, 0.3) is 6.08 Å². The molecule has 1 aliphatic heterocycles. The van der Waals surface area contributed by atoms with Crippen molar-refractivity contribution < 1.29 is 19.1 Å². The van der Waals surface area contributed by atoms with Gasteiger partial charge in [0.05, 0.1) is 5.57 Å². The highest BCUT2D eigenvalue weighted by atomic mass is 16.6. The number of benzene rings is 1. The Bertz CT molecular complexity index is 904. The Kier molecular flexibility index (Phi) is 5.89. The molecule has 2 aromatic rings. The fourth-order valence-corrected chi connectivity index (χ4v) is 3.74. The molecule has 150 valence electrons. The van der Waals surface area contributed by atoms with Crippen LogP contribution in [-0.2, 0) is 14.3 Å². The van der Waals surface area contributed by atoms with Crippen molar-refractivity contribution in [3.8, 4) is 5.75 Å². The predicted molar refractivity (Wildman–Crippen MR) is 108 cm³/mol. The van der Waals surface area contributed by atoms with Crippen LogP contribution < -0.4 is 10.1 Å². The molecule has 0 bridgehead atoms. The second kappa shape index (κ2) is 8.90. The second-order valence-electron chi connectivity index (χ2n) is 7.41. The molecule has 1 atom stereocenters. The number of carbonyl (C=O) groups excluding carboxylic acids is 2. The van der Waals surface area contributed by atoms with Crippen LogP contribution in [0.1, 0.15) is 49.3 Å². The number of para-hydroxylation sites is 1. The van der Waals surface area contributed by atoms with Gasteiger partial charge in [-0.05, 0) is 31.1 Å². The number of rotatable bonds is 5. The zero-order valence-corrected chi connectivity index (χ0v) is 16.2. The van der Waals surface area contributed by atoms with Gasteiger partial charge < -0.3 is 14.8 Å². The van der Waals surface area contributed by atoms with Crippen LogP contribution in [0.3, 0.4) is 0 Å². The fraction of sp³-hybridized carbons (Fsp3) is 0.348. The minimum absolute atomic E-state index is 0.111. The highest BCUT2D eigenvalue weighted by molar-refractivity contribution is 5.97. The van der Waals surface area contributed by atoms with Crippen LogP contribution in [0, 0.1) is 0 Å². The maximum Gasteiger partial charge on any atom is 0.338 e. The minimum atomic E-state index is -1.05. The van der Waals surface area contributed by atoms with Crippen molar-refractivity contribution in [2.24, 2.45) is 0 Å². The molecule has 1 aromatic heterocycles. The van der Waals surface area contributed by atoms with E-state index in [1.54, 1.807) is 30.6 Å². The van der Waals surface area contributed by atoms with Crippen molar-refractivity contribution in [1.82, 2.24) is 10.3 Å². The van der Waals surface area contributed by atoms with Crippen molar-refractivity contribution in [3.63, 3.8) is 0 Å². The summed E-state index contributed by atoms with van der Waals surface area (Å²) in [4.78, 5) is 29.9. The number of pyridine rings is 1. The summed E-state index contributed by atoms with van der Waals surface area (Å²) >= 11 is 0. The molecule has 1 unspecified atom stereocenters. The smallest absolute Gasteiger partial charge is 0.338 e. The first-order valence-electron chi connectivity index (χ1n) is 10.0. The number of fused-ring (bicyclic) bond motifs is 1. The largest absolute Gasteiger partial charge is 0.488 e. The molecule has 2 heterocycles. The Balaban J connectivity index is 1.51. The van der Waals surface area contributed by atoms with E-state index in [-0.39, 0.29) is 18.6 Å². The molecule has 1 fully saturated rings. The van der Waals surface area contributed by atoms with E-state index in [2.05, 4.69) is 10.3 Å². The third kappa shape index (κ3) is 4.65. The topological polar surface area (TPSA) is 77.5 Å². The van der Waals surface area contributed by atoms with Crippen LogP contribution in [0.2, 0.25) is 0 Å². The van der Waals surface area contributed by atoms with Gasteiger partial charge in [0.1, 0.15) is 12.4 Å². The summed E-state index contributed by atoms with van der Waals surface area (Å²) < 4.78 is 11.3. The van der Waals surface area contributed by atoms with E-state index in [1.165, 1.54) is 6.42 Å². The van der Waals surface area contributed by atoms with Crippen LogP contribution >= 0.6 is 0 Å². The lowest BCUT2D eigenvalue weighted by Crippen LogP contribution is -2.40. The Labute approximate surface area is 169 Å². The number of esters is 1. The average Bonchev–Trinajstić information content (AvgIpc) is 2.78. The van der Waals surface area contributed by atoms with Gasteiger partial charge in [0.2, 0.25) is 6.10 Å². The Morgan fingerprint density at radius 1 is 1.10 bits per heavy atom. The lowest BCUT2D eigenvalue weighted by atomic mass is 9.95. The lowest BCUT2D eigenvalue weighted by molar-refractivity contribution is -0.153. The number of ether oxygens (including phenoxy) is 2. The summed E-state index contributed by atoms with van der Waals surface area (Å²) in [5.41, 5.74) is 1.74. The summed E-state index contributed by atoms with van der Waals surface area (Å²) in [5, 5.41) is 3.05. The molecule has 1 saturated carbocycles. The number of amides is 1. The summed E-state index contributed by atoms with van der Waals surface area (Å²) in [5.74, 6) is -0.147. The van der Waals surface area contributed by atoms with Gasteiger partial charge in [0.15, 0.2) is 0 Å². The van der Waals surface area contributed by atoms with Crippen molar-refractivity contribution in [2.45, 2.75) is 44.2 Å². The van der Waals surface area contributed by atoms with E-state index in [1.807, 2.05) is 24.3 Å². The fourth-order valence-electron chi connectivity index (χ4n) is 3.74. The zero-order valence-electron chi connectivity index (χ0n) is 16.2. The molecule has 6 heteroatoms. The first-order valence-corrected chi connectivity index (χ1v) is 10.0. The summed E-state index contributed by atoms with van der Waals surface area (Å²) in [7, 11) is 0. The highest BCUT2D eigenvalue weighted by Gasteiger charge is 2.30. The van der Waals surface area contributed by atoms with E-state index in [9.17, 15) is 9.59 Å². The first kappa shape index (κ1) is 19.2. The molecule has 29 heavy (non-hydrogen) atoms. The molecule has 6 nitrogen and oxygen atoms in total. The van der Waals surface area contributed by atoms with Crippen molar-refractivity contribution >= 4 is 18.0 Å². The Hall–Kier alpha value is -3.15.